The summed E-state index contributed by atoms with van der Waals surface area (Å²) < 4.78 is 0. The van der Waals surface area contributed by atoms with Crippen LogP contribution in [-0.4, -0.2) is 32.9 Å². The normalized spacial score (nSPS) is 21.0. The molecule has 94 valence electrons. The van der Waals surface area contributed by atoms with Crippen LogP contribution in [0.1, 0.15) is 30.3 Å². The van der Waals surface area contributed by atoms with E-state index in [1.807, 2.05) is 24.7 Å². The summed E-state index contributed by atoms with van der Waals surface area (Å²) >= 11 is 0. The van der Waals surface area contributed by atoms with Gasteiger partial charge in [-0.3, -0.25) is 9.88 Å². The lowest BCUT2D eigenvalue weighted by Gasteiger charge is -2.31. The fraction of sp³-hybridized carbons (Fsp3) is 0.429. The third kappa shape index (κ3) is 2.59. The molecule has 2 aromatic heterocycles. The SMILES string of the molecule is c1ccc(C2CCCN(Cc3ncc[nH]3)C2)nc1. The summed E-state index contributed by atoms with van der Waals surface area (Å²) in [6, 6.07) is 6.20. The summed E-state index contributed by atoms with van der Waals surface area (Å²) in [5.74, 6) is 1.62. The van der Waals surface area contributed by atoms with Gasteiger partial charge in [-0.25, -0.2) is 4.98 Å². The van der Waals surface area contributed by atoms with E-state index in [0.717, 1.165) is 25.5 Å². The lowest BCUT2D eigenvalue weighted by Crippen LogP contribution is -2.34. The summed E-state index contributed by atoms with van der Waals surface area (Å²) in [4.78, 5) is 14.4. The number of piperidine rings is 1. The van der Waals surface area contributed by atoms with Crippen LogP contribution in [-0.2, 0) is 6.54 Å². The Morgan fingerprint density at radius 1 is 1.28 bits per heavy atom. The molecule has 0 amide bonds. The summed E-state index contributed by atoms with van der Waals surface area (Å²) in [6.07, 6.45) is 8.07. The molecule has 0 spiro atoms. The Kier molecular flexibility index (Phi) is 3.37. The Labute approximate surface area is 107 Å². The number of pyridine rings is 1. The Bertz CT molecular complexity index is 466. The second-order valence-corrected chi connectivity index (χ2v) is 4.86. The molecule has 1 saturated heterocycles. The average molecular weight is 242 g/mol. The number of H-pyrrole nitrogens is 1. The predicted octanol–water partition coefficient (Wildman–Crippen LogP) is 2.18. The standard InChI is InChI=1S/C14H18N4/c1-2-6-15-13(5-1)12-4-3-9-18(10-12)11-14-16-7-8-17-14/h1-2,5-8,12H,3-4,9-11H2,(H,16,17). The van der Waals surface area contributed by atoms with E-state index in [2.05, 4.69) is 32.0 Å². The van der Waals surface area contributed by atoms with Gasteiger partial charge >= 0.3 is 0 Å². The van der Waals surface area contributed by atoms with Crippen molar-refractivity contribution in [3.05, 3.63) is 48.3 Å². The van der Waals surface area contributed by atoms with Gasteiger partial charge in [-0.2, -0.15) is 0 Å². The molecule has 18 heavy (non-hydrogen) atoms. The maximum absolute atomic E-state index is 4.48. The molecule has 0 aliphatic carbocycles. The van der Waals surface area contributed by atoms with Gasteiger partial charge in [-0.1, -0.05) is 6.07 Å². The van der Waals surface area contributed by atoms with Crippen molar-refractivity contribution in [2.45, 2.75) is 25.3 Å². The quantitative estimate of drug-likeness (QED) is 0.897. The Morgan fingerprint density at radius 2 is 2.28 bits per heavy atom. The minimum absolute atomic E-state index is 0.565. The summed E-state index contributed by atoms with van der Waals surface area (Å²) in [6.45, 7) is 3.15. The lowest BCUT2D eigenvalue weighted by molar-refractivity contribution is 0.194. The number of likely N-dealkylation sites (tertiary alicyclic amines) is 1. The van der Waals surface area contributed by atoms with Gasteiger partial charge in [0.1, 0.15) is 5.82 Å². The van der Waals surface area contributed by atoms with E-state index in [1.54, 1.807) is 0 Å². The van der Waals surface area contributed by atoms with Crippen LogP contribution in [0.5, 0.6) is 0 Å². The molecule has 0 radical (unpaired) electrons. The minimum Gasteiger partial charge on any atom is -0.348 e. The number of aromatic nitrogens is 3. The summed E-state index contributed by atoms with van der Waals surface area (Å²) in [5, 5.41) is 0. The zero-order chi connectivity index (χ0) is 12.2. The van der Waals surface area contributed by atoms with E-state index >= 15 is 0 Å². The molecular formula is C14H18N4. The molecule has 3 rings (SSSR count). The second-order valence-electron chi connectivity index (χ2n) is 4.86. The molecule has 0 aromatic carbocycles. The van der Waals surface area contributed by atoms with Crippen molar-refractivity contribution in [1.29, 1.82) is 0 Å². The van der Waals surface area contributed by atoms with Gasteiger partial charge in [-0.15, -0.1) is 0 Å². The third-order valence-electron chi connectivity index (χ3n) is 3.54. The third-order valence-corrected chi connectivity index (χ3v) is 3.54. The van der Waals surface area contributed by atoms with E-state index in [1.165, 1.54) is 18.5 Å². The van der Waals surface area contributed by atoms with Crippen LogP contribution < -0.4 is 0 Å². The lowest BCUT2D eigenvalue weighted by atomic mass is 9.94. The van der Waals surface area contributed by atoms with Crippen LogP contribution in [0, 0.1) is 0 Å². The first-order valence-corrected chi connectivity index (χ1v) is 6.53. The molecule has 2 aromatic rings. The number of nitrogens with one attached hydrogen (secondary N) is 1. The second kappa shape index (κ2) is 5.31. The Balaban J connectivity index is 1.65. The number of hydrogen-bond donors (Lipinski definition) is 1. The smallest absolute Gasteiger partial charge is 0.120 e. The maximum atomic E-state index is 4.48. The number of imidazole rings is 1. The molecule has 1 fully saturated rings. The Hall–Kier alpha value is -1.68. The molecule has 1 N–H and O–H groups in total. The molecule has 0 bridgehead atoms. The summed E-state index contributed by atoms with van der Waals surface area (Å²) in [5.41, 5.74) is 1.22. The highest BCUT2D eigenvalue weighted by atomic mass is 15.2. The highest BCUT2D eigenvalue weighted by Crippen LogP contribution is 2.25. The Morgan fingerprint density at radius 3 is 3.06 bits per heavy atom. The zero-order valence-electron chi connectivity index (χ0n) is 10.4. The zero-order valence-corrected chi connectivity index (χ0v) is 10.4. The number of aromatic amines is 1. The van der Waals surface area contributed by atoms with Crippen LogP contribution in [0.15, 0.2) is 36.8 Å². The first-order chi connectivity index (χ1) is 8.92. The molecule has 1 aliphatic heterocycles. The van der Waals surface area contributed by atoms with Gasteiger partial charge in [0.15, 0.2) is 0 Å². The topological polar surface area (TPSA) is 44.8 Å². The van der Waals surface area contributed by atoms with E-state index in [9.17, 15) is 0 Å². The van der Waals surface area contributed by atoms with E-state index in [4.69, 9.17) is 0 Å². The van der Waals surface area contributed by atoms with Crippen molar-refractivity contribution in [2.24, 2.45) is 0 Å². The van der Waals surface area contributed by atoms with Crippen LogP contribution in [0.25, 0.3) is 0 Å². The molecule has 1 unspecified atom stereocenters. The molecule has 3 heterocycles. The van der Waals surface area contributed by atoms with Crippen LogP contribution in [0.3, 0.4) is 0 Å². The van der Waals surface area contributed by atoms with Crippen molar-refractivity contribution in [3.8, 4) is 0 Å². The molecule has 1 aliphatic rings. The fourth-order valence-electron chi connectivity index (χ4n) is 2.65. The largest absolute Gasteiger partial charge is 0.348 e. The fourth-order valence-corrected chi connectivity index (χ4v) is 2.65. The van der Waals surface area contributed by atoms with Crippen LogP contribution in [0.2, 0.25) is 0 Å². The van der Waals surface area contributed by atoms with Gasteiger partial charge in [0.25, 0.3) is 0 Å². The van der Waals surface area contributed by atoms with Gasteiger partial charge in [0.05, 0.1) is 6.54 Å². The minimum atomic E-state index is 0.565. The monoisotopic (exact) mass is 242 g/mol. The number of hydrogen-bond acceptors (Lipinski definition) is 3. The van der Waals surface area contributed by atoms with Crippen molar-refractivity contribution in [2.75, 3.05) is 13.1 Å². The van der Waals surface area contributed by atoms with E-state index in [-0.39, 0.29) is 0 Å². The van der Waals surface area contributed by atoms with Crippen molar-refractivity contribution < 1.29 is 0 Å². The predicted molar refractivity (Wildman–Crippen MR) is 70.1 cm³/mol. The van der Waals surface area contributed by atoms with Gasteiger partial charge < -0.3 is 4.98 Å². The van der Waals surface area contributed by atoms with Crippen molar-refractivity contribution in [1.82, 2.24) is 19.9 Å². The van der Waals surface area contributed by atoms with E-state index < -0.39 is 0 Å². The van der Waals surface area contributed by atoms with Gasteiger partial charge in [-0.05, 0) is 31.5 Å². The first kappa shape index (κ1) is 11.4. The average Bonchev–Trinajstić information content (AvgIpc) is 2.93. The molecule has 4 heteroatoms. The molecule has 4 nitrogen and oxygen atoms in total. The highest BCUT2D eigenvalue weighted by molar-refractivity contribution is 5.11. The van der Waals surface area contributed by atoms with Gasteiger partial charge in [0, 0.05) is 36.7 Å². The molecular weight excluding hydrogens is 224 g/mol. The van der Waals surface area contributed by atoms with Crippen LogP contribution in [0.4, 0.5) is 0 Å². The van der Waals surface area contributed by atoms with E-state index in [0.29, 0.717) is 5.92 Å². The van der Waals surface area contributed by atoms with Crippen LogP contribution >= 0.6 is 0 Å². The van der Waals surface area contributed by atoms with Gasteiger partial charge in [0.2, 0.25) is 0 Å². The molecule has 1 atom stereocenters. The molecule has 0 saturated carbocycles. The first-order valence-electron chi connectivity index (χ1n) is 6.53. The number of rotatable bonds is 3. The maximum Gasteiger partial charge on any atom is 0.120 e. The highest BCUT2D eigenvalue weighted by Gasteiger charge is 2.22. The number of nitrogens with zero attached hydrogens (tertiary/aromatic N) is 3. The van der Waals surface area contributed by atoms with Crippen molar-refractivity contribution >= 4 is 0 Å². The van der Waals surface area contributed by atoms with Crippen molar-refractivity contribution in [3.63, 3.8) is 0 Å². The summed E-state index contributed by atoms with van der Waals surface area (Å²) in [7, 11) is 0.